The summed E-state index contributed by atoms with van der Waals surface area (Å²) in [6.07, 6.45) is 0.0242. The first-order valence-corrected chi connectivity index (χ1v) is 7.96. The van der Waals surface area contributed by atoms with Crippen molar-refractivity contribution in [2.75, 3.05) is 13.1 Å². The molecule has 6 heteroatoms. The van der Waals surface area contributed by atoms with E-state index in [1.165, 1.54) is 0 Å². The van der Waals surface area contributed by atoms with E-state index >= 15 is 0 Å². The molecular weight excluding hydrogens is 292 g/mol. The van der Waals surface area contributed by atoms with Crippen LogP contribution in [-0.2, 0) is 11.8 Å². The van der Waals surface area contributed by atoms with Gasteiger partial charge in [0.25, 0.3) is 5.91 Å². The van der Waals surface area contributed by atoms with Crippen molar-refractivity contribution in [3.05, 3.63) is 23.0 Å². The molecule has 1 unspecified atom stereocenters. The van der Waals surface area contributed by atoms with Crippen molar-refractivity contribution in [1.82, 2.24) is 19.7 Å². The maximum atomic E-state index is 13.2. The number of carbonyl (C=O) groups is 1. The van der Waals surface area contributed by atoms with Crippen molar-refractivity contribution in [3.8, 4) is 0 Å². The van der Waals surface area contributed by atoms with Gasteiger partial charge in [0.15, 0.2) is 5.65 Å². The molecule has 1 saturated heterocycles. The minimum Gasteiger partial charge on any atom is -0.369 e. The molecule has 0 N–H and O–H groups in total. The number of amides is 1. The fourth-order valence-corrected chi connectivity index (χ4v) is 3.52. The Balaban J connectivity index is 2.07. The summed E-state index contributed by atoms with van der Waals surface area (Å²) in [6, 6.07) is 1.87. The topological polar surface area (TPSA) is 60.3 Å². The number of fused-ring (bicyclic) bond motifs is 1. The van der Waals surface area contributed by atoms with Gasteiger partial charge in [-0.15, -0.1) is 0 Å². The van der Waals surface area contributed by atoms with E-state index in [0.717, 1.165) is 22.4 Å². The normalized spacial score (nSPS) is 21.0. The lowest BCUT2D eigenvalue weighted by Crippen LogP contribution is -2.53. The predicted octanol–water partition coefficient (Wildman–Crippen LogP) is 2.22. The lowest BCUT2D eigenvalue weighted by molar-refractivity contribution is -0.118. The third kappa shape index (κ3) is 2.83. The number of ether oxygens (including phenoxy) is 1. The average molecular weight is 316 g/mol. The molecule has 3 heterocycles. The van der Waals surface area contributed by atoms with Crippen LogP contribution < -0.4 is 0 Å². The molecule has 23 heavy (non-hydrogen) atoms. The molecule has 0 spiro atoms. The van der Waals surface area contributed by atoms with Crippen LogP contribution in [0.15, 0.2) is 6.07 Å². The second-order valence-electron chi connectivity index (χ2n) is 7.09. The Kier molecular flexibility index (Phi) is 3.67. The van der Waals surface area contributed by atoms with Gasteiger partial charge >= 0.3 is 0 Å². The minimum atomic E-state index is -0.335. The Morgan fingerprint density at radius 1 is 1.39 bits per heavy atom. The summed E-state index contributed by atoms with van der Waals surface area (Å²) in [5.41, 5.74) is 2.76. The van der Waals surface area contributed by atoms with Crippen LogP contribution in [0.1, 0.15) is 42.5 Å². The van der Waals surface area contributed by atoms with Crippen molar-refractivity contribution >= 4 is 16.9 Å². The monoisotopic (exact) mass is 316 g/mol. The highest BCUT2D eigenvalue weighted by Gasteiger charge is 2.35. The molecule has 3 rings (SSSR count). The van der Waals surface area contributed by atoms with Crippen LogP contribution in [0.4, 0.5) is 0 Å². The first-order valence-electron chi connectivity index (χ1n) is 7.96. The highest BCUT2D eigenvalue weighted by atomic mass is 16.5. The standard InChI is InChI=1S/C17H24N4O2/c1-10-7-13(14-12(3)19-20(6)15(14)18-10)16(22)21-8-11(2)23-17(4,5)9-21/h7,11H,8-9H2,1-6H3. The van der Waals surface area contributed by atoms with Crippen molar-refractivity contribution < 1.29 is 9.53 Å². The quantitative estimate of drug-likeness (QED) is 0.809. The van der Waals surface area contributed by atoms with Crippen molar-refractivity contribution in [3.63, 3.8) is 0 Å². The predicted molar refractivity (Wildman–Crippen MR) is 88.5 cm³/mol. The van der Waals surface area contributed by atoms with Crippen molar-refractivity contribution in [2.45, 2.75) is 46.3 Å². The Bertz CT molecular complexity index is 778. The molecule has 0 aliphatic carbocycles. The van der Waals surface area contributed by atoms with Crippen molar-refractivity contribution in [2.24, 2.45) is 7.05 Å². The van der Waals surface area contributed by atoms with Gasteiger partial charge in [-0.2, -0.15) is 5.10 Å². The second kappa shape index (κ2) is 5.30. The van der Waals surface area contributed by atoms with Gasteiger partial charge in [0.1, 0.15) is 0 Å². The third-order valence-electron chi connectivity index (χ3n) is 4.18. The van der Waals surface area contributed by atoms with E-state index in [9.17, 15) is 4.79 Å². The van der Waals surface area contributed by atoms with Crippen molar-refractivity contribution in [1.29, 1.82) is 0 Å². The fourth-order valence-electron chi connectivity index (χ4n) is 3.52. The number of pyridine rings is 1. The van der Waals surface area contributed by atoms with E-state index in [1.54, 1.807) is 4.68 Å². The highest BCUT2D eigenvalue weighted by Crippen LogP contribution is 2.26. The SMILES string of the molecule is Cc1cc(C(=O)N2CC(C)OC(C)(C)C2)c2c(C)nn(C)c2n1. The van der Waals surface area contributed by atoms with Gasteiger partial charge in [-0.3, -0.25) is 9.48 Å². The summed E-state index contributed by atoms with van der Waals surface area (Å²) in [4.78, 5) is 19.6. The maximum absolute atomic E-state index is 13.2. The van der Waals surface area contributed by atoms with Crippen LogP contribution in [0, 0.1) is 13.8 Å². The van der Waals surface area contributed by atoms with Gasteiger partial charge < -0.3 is 9.64 Å². The molecule has 1 fully saturated rings. The molecule has 6 nitrogen and oxygen atoms in total. The molecular formula is C17H24N4O2. The summed E-state index contributed by atoms with van der Waals surface area (Å²) in [5.74, 6) is 0.0276. The summed E-state index contributed by atoms with van der Waals surface area (Å²) in [7, 11) is 1.86. The van der Waals surface area contributed by atoms with Crippen LogP contribution >= 0.6 is 0 Å². The molecule has 0 aromatic carbocycles. The largest absolute Gasteiger partial charge is 0.369 e. The Morgan fingerprint density at radius 3 is 2.74 bits per heavy atom. The molecule has 0 radical (unpaired) electrons. The molecule has 1 aliphatic rings. The number of hydrogen-bond acceptors (Lipinski definition) is 4. The smallest absolute Gasteiger partial charge is 0.254 e. The third-order valence-corrected chi connectivity index (χ3v) is 4.18. The summed E-state index contributed by atoms with van der Waals surface area (Å²) in [6.45, 7) is 11.1. The lowest BCUT2D eigenvalue weighted by atomic mass is 10.0. The molecule has 2 aromatic rings. The van der Waals surface area contributed by atoms with Gasteiger partial charge in [-0.05, 0) is 40.7 Å². The molecule has 124 valence electrons. The Hall–Kier alpha value is -1.95. The number of morpholine rings is 1. The van der Waals surface area contributed by atoms with E-state index in [-0.39, 0.29) is 17.6 Å². The molecule has 1 amide bonds. The van der Waals surface area contributed by atoms with Gasteiger partial charge in [0.2, 0.25) is 0 Å². The van der Waals surface area contributed by atoms with Crippen LogP contribution in [0.5, 0.6) is 0 Å². The van der Waals surface area contributed by atoms with E-state index in [1.807, 2.05) is 52.6 Å². The molecule has 2 aromatic heterocycles. The maximum Gasteiger partial charge on any atom is 0.254 e. The fraction of sp³-hybridized carbons (Fsp3) is 0.588. The molecule has 0 saturated carbocycles. The van der Waals surface area contributed by atoms with E-state index in [0.29, 0.717) is 18.7 Å². The number of nitrogens with zero attached hydrogens (tertiary/aromatic N) is 4. The van der Waals surface area contributed by atoms with Gasteiger partial charge in [0, 0.05) is 25.8 Å². The first kappa shape index (κ1) is 15.9. The van der Waals surface area contributed by atoms with E-state index in [2.05, 4.69) is 10.1 Å². The number of aryl methyl sites for hydroxylation is 3. The van der Waals surface area contributed by atoms with E-state index < -0.39 is 0 Å². The van der Waals surface area contributed by atoms with E-state index in [4.69, 9.17) is 4.74 Å². The minimum absolute atomic E-state index is 0.0242. The zero-order valence-corrected chi connectivity index (χ0v) is 14.7. The highest BCUT2D eigenvalue weighted by molar-refractivity contribution is 6.06. The number of rotatable bonds is 1. The second-order valence-corrected chi connectivity index (χ2v) is 7.09. The van der Waals surface area contributed by atoms with Crippen LogP contribution in [0.3, 0.4) is 0 Å². The lowest BCUT2D eigenvalue weighted by Gasteiger charge is -2.41. The van der Waals surface area contributed by atoms with Gasteiger partial charge in [0.05, 0.1) is 28.3 Å². The number of aromatic nitrogens is 3. The number of hydrogen-bond donors (Lipinski definition) is 0. The molecule has 1 atom stereocenters. The number of carbonyl (C=O) groups excluding carboxylic acids is 1. The zero-order valence-electron chi connectivity index (χ0n) is 14.7. The molecule has 1 aliphatic heterocycles. The summed E-state index contributed by atoms with van der Waals surface area (Å²) >= 11 is 0. The van der Waals surface area contributed by atoms with Crippen LogP contribution in [-0.4, -0.2) is 50.4 Å². The zero-order chi connectivity index (χ0) is 16.9. The Morgan fingerprint density at radius 2 is 2.09 bits per heavy atom. The van der Waals surface area contributed by atoms with Crippen LogP contribution in [0.25, 0.3) is 11.0 Å². The average Bonchev–Trinajstić information content (AvgIpc) is 2.70. The molecule has 0 bridgehead atoms. The Labute approximate surface area is 136 Å². The van der Waals surface area contributed by atoms with Gasteiger partial charge in [-0.25, -0.2) is 4.98 Å². The summed E-state index contributed by atoms with van der Waals surface area (Å²) < 4.78 is 7.64. The first-order chi connectivity index (χ1) is 10.7. The van der Waals surface area contributed by atoms with Crippen LogP contribution in [0.2, 0.25) is 0 Å². The summed E-state index contributed by atoms with van der Waals surface area (Å²) in [5, 5.41) is 5.27. The van der Waals surface area contributed by atoms with Gasteiger partial charge in [-0.1, -0.05) is 0 Å².